The highest BCUT2D eigenvalue weighted by Gasteiger charge is 2.21. The van der Waals surface area contributed by atoms with Crippen molar-refractivity contribution in [1.82, 2.24) is 0 Å². The van der Waals surface area contributed by atoms with Crippen LogP contribution in [0.25, 0.3) is 11.1 Å². The first-order chi connectivity index (χ1) is 15.6. The third kappa shape index (κ3) is 6.93. The van der Waals surface area contributed by atoms with E-state index >= 15 is 0 Å². The summed E-state index contributed by atoms with van der Waals surface area (Å²) >= 11 is 0. The monoisotopic (exact) mass is 432 g/mol. The average Bonchev–Trinajstić information content (AvgIpc) is 2.85. The van der Waals surface area contributed by atoms with Crippen LogP contribution in [0.2, 0.25) is 0 Å². The summed E-state index contributed by atoms with van der Waals surface area (Å²) in [5.41, 5.74) is 5.26. The molecule has 0 spiro atoms. The molecular formula is C29H36O3. The maximum Gasteiger partial charge on any atom is 0.335 e. The average molecular weight is 433 g/mol. The number of aliphatic hydroxyl groups excluding tert-OH is 1. The van der Waals surface area contributed by atoms with E-state index in [2.05, 4.69) is 61.7 Å². The van der Waals surface area contributed by atoms with Gasteiger partial charge in [0.2, 0.25) is 0 Å². The highest BCUT2D eigenvalue weighted by molar-refractivity contribution is 5.87. The molecule has 32 heavy (non-hydrogen) atoms. The molecule has 2 aromatic rings. The van der Waals surface area contributed by atoms with Crippen LogP contribution >= 0.6 is 0 Å². The standard InChI is InChI=1S/C29H36O3/c1-3-4-6-23-8-12-25(13-9-23)27-16-18-28(19-17-27)26-14-10-24(11-15-26)7-5-20-32-29(31)22(2)21-30/h3,10-11,14-19,23,25,30H,1-2,4-9,12-13,20-21H2. The zero-order chi connectivity index (χ0) is 22.8. The smallest absolute Gasteiger partial charge is 0.335 e. The minimum absolute atomic E-state index is 0.0940. The summed E-state index contributed by atoms with van der Waals surface area (Å²) in [4.78, 5) is 11.5. The second-order valence-corrected chi connectivity index (χ2v) is 8.90. The van der Waals surface area contributed by atoms with E-state index in [4.69, 9.17) is 9.84 Å². The molecule has 1 aliphatic rings. The van der Waals surface area contributed by atoms with Crippen LogP contribution in [0.3, 0.4) is 0 Å². The molecule has 3 nitrogen and oxygen atoms in total. The van der Waals surface area contributed by atoms with Crippen LogP contribution in [0.5, 0.6) is 0 Å². The van der Waals surface area contributed by atoms with Gasteiger partial charge in [0.1, 0.15) is 0 Å². The zero-order valence-electron chi connectivity index (χ0n) is 19.1. The van der Waals surface area contributed by atoms with Gasteiger partial charge in [-0.25, -0.2) is 4.79 Å². The van der Waals surface area contributed by atoms with Crippen molar-refractivity contribution in [2.24, 2.45) is 5.92 Å². The van der Waals surface area contributed by atoms with Crippen LogP contribution in [-0.4, -0.2) is 24.3 Å². The SMILES string of the molecule is C=CCCC1CCC(c2ccc(-c3ccc(CCCOC(=O)C(=C)CO)cc3)cc2)CC1. The highest BCUT2D eigenvalue weighted by atomic mass is 16.5. The molecule has 1 N–H and O–H groups in total. The van der Waals surface area contributed by atoms with E-state index in [-0.39, 0.29) is 12.2 Å². The fourth-order valence-corrected chi connectivity index (χ4v) is 4.56. The molecule has 0 aromatic heterocycles. The number of aryl methyl sites for hydroxylation is 1. The van der Waals surface area contributed by atoms with Gasteiger partial charge in [-0.2, -0.15) is 0 Å². The van der Waals surface area contributed by atoms with Crippen molar-refractivity contribution >= 4 is 5.97 Å². The summed E-state index contributed by atoms with van der Waals surface area (Å²) in [7, 11) is 0. The van der Waals surface area contributed by atoms with Crippen LogP contribution in [0.4, 0.5) is 0 Å². The van der Waals surface area contributed by atoms with Gasteiger partial charge in [0, 0.05) is 0 Å². The second-order valence-electron chi connectivity index (χ2n) is 8.90. The Kier molecular flexibility index (Phi) is 9.30. The maximum absolute atomic E-state index is 11.5. The summed E-state index contributed by atoms with van der Waals surface area (Å²) in [5, 5.41) is 8.87. The number of hydrogen-bond acceptors (Lipinski definition) is 3. The number of carbonyl (C=O) groups is 1. The summed E-state index contributed by atoms with van der Waals surface area (Å²) in [6.45, 7) is 7.28. The van der Waals surface area contributed by atoms with Crippen LogP contribution in [0.15, 0.2) is 73.3 Å². The molecule has 0 bridgehead atoms. The molecule has 0 radical (unpaired) electrons. The predicted octanol–water partition coefficient (Wildman–Crippen LogP) is 6.62. The van der Waals surface area contributed by atoms with E-state index < -0.39 is 5.97 Å². The summed E-state index contributed by atoms with van der Waals surface area (Å²) in [5.74, 6) is 1.07. The van der Waals surface area contributed by atoms with Gasteiger partial charge in [0.15, 0.2) is 0 Å². The fraction of sp³-hybridized carbons (Fsp3) is 0.414. The molecule has 0 heterocycles. The molecule has 1 saturated carbocycles. The van der Waals surface area contributed by atoms with E-state index in [9.17, 15) is 4.79 Å². The predicted molar refractivity (Wildman–Crippen MR) is 132 cm³/mol. The van der Waals surface area contributed by atoms with Crippen LogP contribution in [-0.2, 0) is 16.0 Å². The van der Waals surface area contributed by atoms with Gasteiger partial charge < -0.3 is 9.84 Å². The van der Waals surface area contributed by atoms with Gasteiger partial charge in [0.25, 0.3) is 0 Å². The molecule has 2 aromatic carbocycles. The topological polar surface area (TPSA) is 46.5 Å². The Morgan fingerprint density at radius 3 is 2.22 bits per heavy atom. The first kappa shape index (κ1) is 24.0. The van der Waals surface area contributed by atoms with Crippen molar-refractivity contribution in [1.29, 1.82) is 0 Å². The molecule has 0 unspecified atom stereocenters. The highest BCUT2D eigenvalue weighted by Crippen LogP contribution is 2.38. The molecule has 1 aliphatic carbocycles. The van der Waals surface area contributed by atoms with E-state index in [1.165, 1.54) is 54.4 Å². The van der Waals surface area contributed by atoms with Crippen LogP contribution in [0.1, 0.15) is 62.0 Å². The Balaban J connectivity index is 1.46. The minimum Gasteiger partial charge on any atom is -0.462 e. The van der Waals surface area contributed by atoms with Gasteiger partial charge >= 0.3 is 5.97 Å². The second kappa shape index (κ2) is 12.4. The Morgan fingerprint density at radius 2 is 1.62 bits per heavy atom. The number of carbonyl (C=O) groups excluding carboxylic acids is 1. The number of benzene rings is 2. The molecule has 1 fully saturated rings. The van der Waals surface area contributed by atoms with Crippen molar-refractivity contribution in [3.63, 3.8) is 0 Å². The van der Waals surface area contributed by atoms with Gasteiger partial charge in [-0.1, -0.05) is 61.2 Å². The normalized spacial score (nSPS) is 18.2. The van der Waals surface area contributed by atoms with Crippen molar-refractivity contribution in [2.75, 3.05) is 13.2 Å². The van der Waals surface area contributed by atoms with Crippen LogP contribution in [0, 0.1) is 5.92 Å². The third-order valence-corrected chi connectivity index (χ3v) is 6.62. The number of allylic oxidation sites excluding steroid dienone is 1. The molecular weight excluding hydrogens is 396 g/mol. The lowest BCUT2D eigenvalue weighted by molar-refractivity contribution is -0.139. The maximum atomic E-state index is 11.5. The van der Waals surface area contributed by atoms with Crippen molar-refractivity contribution in [3.05, 3.63) is 84.5 Å². The van der Waals surface area contributed by atoms with Gasteiger partial charge in [-0.15, -0.1) is 6.58 Å². The number of rotatable bonds is 11. The lowest BCUT2D eigenvalue weighted by Crippen LogP contribution is -2.13. The van der Waals surface area contributed by atoms with E-state index in [1.807, 2.05) is 6.08 Å². The largest absolute Gasteiger partial charge is 0.462 e. The summed E-state index contributed by atoms with van der Waals surface area (Å²) < 4.78 is 5.09. The van der Waals surface area contributed by atoms with Crippen molar-refractivity contribution < 1.29 is 14.6 Å². The fourth-order valence-electron chi connectivity index (χ4n) is 4.56. The molecule has 170 valence electrons. The molecule has 0 aliphatic heterocycles. The van der Waals surface area contributed by atoms with E-state index in [0.717, 1.165) is 25.2 Å². The molecule has 0 atom stereocenters. The Bertz CT molecular complexity index is 872. The molecule has 0 saturated heterocycles. The molecule has 0 amide bonds. The van der Waals surface area contributed by atoms with Gasteiger partial charge in [0.05, 0.1) is 18.8 Å². The lowest BCUT2D eigenvalue weighted by atomic mass is 9.77. The minimum atomic E-state index is -0.521. The van der Waals surface area contributed by atoms with Crippen LogP contribution < -0.4 is 0 Å². The van der Waals surface area contributed by atoms with Crippen molar-refractivity contribution in [2.45, 2.75) is 57.3 Å². The lowest BCUT2D eigenvalue weighted by Gasteiger charge is -2.28. The van der Waals surface area contributed by atoms with Crippen molar-refractivity contribution in [3.8, 4) is 11.1 Å². The first-order valence-electron chi connectivity index (χ1n) is 11.9. The number of ether oxygens (including phenoxy) is 1. The summed E-state index contributed by atoms with van der Waals surface area (Å²) in [6.07, 6.45) is 11.4. The molecule has 3 heteroatoms. The van der Waals surface area contributed by atoms with E-state index in [1.54, 1.807) is 0 Å². The first-order valence-corrected chi connectivity index (χ1v) is 11.9. The molecule has 3 rings (SSSR count). The van der Waals surface area contributed by atoms with Gasteiger partial charge in [-0.3, -0.25) is 0 Å². The van der Waals surface area contributed by atoms with Gasteiger partial charge in [-0.05, 0) is 85.5 Å². The number of hydrogen-bond donors (Lipinski definition) is 1. The summed E-state index contributed by atoms with van der Waals surface area (Å²) in [6, 6.07) is 17.7. The number of aliphatic hydroxyl groups is 1. The van der Waals surface area contributed by atoms with E-state index in [0.29, 0.717) is 12.5 Å². The Hall–Kier alpha value is -2.65. The third-order valence-electron chi connectivity index (χ3n) is 6.62. The number of esters is 1. The Morgan fingerprint density at radius 1 is 1.00 bits per heavy atom. The Labute approximate surface area is 192 Å². The zero-order valence-corrected chi connectivity index (χ0v) is 19.1. The quantitative estimate of drug-likeness (QED) is 0.188.